The van der Waals surface area contributed by atoms with Crippen molar-refractivity contribution in [3.8, 4) is 22.7 Å². The molecule has 0 spiro atoms. The number of carbonyl (C=O) groups excluding carboxylic acids is 1. The van der Waals surface area contributed by atoms with Crippen LogP contribution in [0.4, 0.5) is 15.0 Å². The highest BCUT2D eigenvalue weighted by Crippen LogP contribution is 2.37. The number of hydrogen-bond acceptors (Lipinski definition) is 7. The van der Waals surface area contributed by atoms with Gasteiger partial charge in [-0.1, -0.05) is 38.1 Å². The summed E-state index contributed by atoms with van der Waals surface area (Å²) in [5.74, 6) is -0.325. The fraction of sp³-hybridized carbons (Fsp3) is 0.394. The van der Waals surface area contributed by atoms with Crippen molar-refractivity contribution in [3.05, 3.63) is 76.0 Å². The van der Waals surface area contributed by atoms with Crippen LogP contribution in [0.5, 0.6) is 5.75 Å². The molecular formula is C33H38FN5O4. The van der Waals surface area contributed by atoms with Gasteiger partial charge in [0.1, 0.15) is 23.0 Å². The molecule has 2 aromatic carbocycles. The second-order valence-electron chi connectivity index (χ2n) is 12.4. The molecule has 0 saturated carbocycles. The third-order valence-corrected chi connectivity index (χ3v) is 7.62. The quantitative estimate of drug-likeness (QED) is 0.305. The van der Waals surface area contributed by atoms with E-state index in [2.05, 4.69) is 4.98 Å². The molecule has 1 N–H and O–H groups in total. The van der Waals surface area contributed by atoms with Gasteiger partial charge in [0, 0.05) is 25.7 Å². The molecule has 1 aliphatic rings. The molecule has 9 nitrogen and oxygen atoms in total. The summed E-state index contributed by atoms with van der Waals surface area (Å²) in [5, 5.41) is 11.2. The maximum Gasteiger partial charge on any atom is 0.410 e. The van der Waals surface area contributed by atoms with E-state index in [9.17, 15) is 14.7 Å². The summed E-state index contributed by atoms with van der Waals surface area (Å²) in [4.78, 5) is 39.9. The molecule has 1 saturated heterocycles. The maximum atomic E-state index is 15.1. The van der Waals surface area contributed by atoms with Crippen LogP contribution in [0.3, 0.4) is 0 Å². The normalized spacial score (nSPS) is 15.8. The van der Waals surface area contributed by atoms with Crippen LogP contribution in [0, 0.1) is 12.7 Å². The highest BCUT2D eigenvalue weighted by Gasteiger charge is 2.32. The molecule has 0 bridgehead atoms. The number of aromatic nitrogens is 3. The zero-order chi connectivity index (χ0) is 31.2. The number of pyridine rings is 1. The Morgan fingerprint density at radius 1 is 1.09 bits per heavy atom. The van der Waals surface area contributed by atoms with Gasteiger partial charge in [0.05, 0.1) is 22.3 Å². The molecule has 1 amide bonds. The van der Waals surface area contributed by atoms with Gasteiger partial charge in [0.2, 0.25) is 0 Å². The number of ether oxygens (including phenoxy) is 1. The Balaban J connectivity index is 1.71. The second kappa shape index (κ2) is 11.3. The lowest BCUT2D eigenvalue weighted by Gasteiger charge is -2.41. The van der Waals surface area contributed by atoms with Gasteiger partial charge >= 0.3 is 11.8 Å². The van der Waals surface area contributed by atoms with E-state index in [1.54, 1.807) is 11.8 Å². The van der Waals surface area contributed by atoms with Gasteiger partial charge in [0.25, 0.3) is 0 Å². The molecule has 0 aliphatic carbocycles. The minimum Gasteiger partial charge on any atom is -0.507 e. The van der Waals surface area contributed by atoms with E-state index in [-0.39, 0.29) is 35.1 Å². The van der Waals surface area contributed by atoms with Crippen molar-refractivity contribution in [2.75, 3.05) is 24.5 Å². The lowest BCUT2D eigenvalue weighted by atomic mass is 10.0. The first-order valence-electron chi connectivity index (χ1n) is 14.5. The number of hydrogen-bond donors (Lipinski definition) is 1. The number of phenols is 1. The van der Waals surface area contributed by atoms with Gasteiger partial charge < -0.3 is 19.6 Å². The van der Waals surface area contributed by atoms with Gasteiger partial charge in [-0.05, 0) is 75.9 Å². The minimum absolute atomic E-state index is 0.0317. The van der Waals surface area contributed by atoms with E-state index in [1.807, 2.05) is 76.8 Å². The van der Waals surface area contributed by atoms with Crippen molar-refractivity contribution in [2.45, 2.75) is 66.0 Å². The number of anilines is 1. The van der Waals surface area contributed by atoms with Crippen molar-refractivity contribution < 1.29 is 19.0 Å². The van der Waals surface area contributed by atoms with Crippen LogP contribution in [-0.2, 0) is 4.74 Å². The molecule has 1 fully saturated rings. The number of nitrogens with zero attached hydrogens (tertiary/aromatic N) is 5. The molecule has 3 heterocycles. The first-order valence-corrected chi connectivity index (χ1v) is 14.5. The smallest absolute Gasteiger partial charge is 0.410 e. The van der Waals surface area contributed by atoms with E-state index in [4.69, 9.17) is 9.72 Å². The summed E-state index contributed by atoms with van der Waals surface area (Å²) in [5.41, 5.74) is 1.53. The predicted octanol–water partition coefficient (Wildman–Crippen LogP) is 6.17. The average molecular weight is 588 g/mol. The average Bonchev–Trinajstić information content (AvgIpc) is 2.92. The lowest BCUT2D eigenvalue weighted by molar-refractivity contribution is 0.0218. The largest absolute Gasteiger partial charge is 0.507 e. The standard InChI is InChI=1S/C33H38FN5O4/c1-19(2)22-11-8-9-13-25(22)39-30-23(17-20(3)28(35-30)27-24(34)12-10-14-26(27)40)29(36-31(39)41)38-16-15-37(18-21(38)4)32(42)43-33(5,6)7/h8-14,17,19,21,40H,15-16,18H2,1-7H3/t21-/m0/s1. The zero-order valence-corrected chi connectivity index (χ0v) is 25.7. The second-order valence-corrected chi connectivity index (χ2v) is 12.4. The third-order valence-electron chi connectivity index (χ3n) is 7.62. The van der Waals surface area contributed by atoms with E-state index in [1.165, 1.54) is 22.8 Å². The SMILES string of the molecule is Cc1cc2c(N3CCN(C(=O)OC(C)(C)C)C[C@@H]3C)nc(=O)n(-c3ccccc3C(C)C)c2nc1-c1c(O)cccc1F. The number of para-hydroxylation sites is 1. The molecule has 10 heteroatoms. The molecule has 0 radical (unpaired) electrons. The first-order chi connectivity index (χ1) is 20.3. The Morgan fingerprint density at radius 2 is 1.81 bits per heavy atom. The monoisotopic (exact) mass is 587 g/mol. The topological polar surface area (TPSA) is 101 Å². The molecule has 5 rings (SSSR count). The number of aryl methyl sites for hydroxylation is 1. The summed E-state index contributed by atoms with van der Waals surface area (Å²) >= 11 is 0. The van der Waals surface area contributed by atoms with Crippen LogP contribution >= 0.6 is 0 Å². The van der Waals surface area contributed by atoms with Gasteiger partial charge in [-0.3, -0.25) is 0 Å². The predicted molar refractivity (Wildman–Crippen MR) is 166 cm³/mol. The molecule has 0 unspecified atom stereocenters. The van der Waals surface area contributed by atoms with Gasteiger partial charge in [-0.25, -0.2) is 23.5 Å². The first kappa shape index (κ1) is 30.0. The fourth-order valence-electron chi connectivity index (χ4n) is 5.61. The summed E-state index contributed by atoms with van der Waals surface area (Å²) in [7, 11) is 0. The Hall–Kier alpha value is -4.47. The summed E-state index contributed by atoms with van der Waals surface area (Å²) in [6, 6.07) is 13.3. The molecule has 4 aromatic rings. The van der Waals surface area contributed by atoms with Crippen molar-refractivity contribution >= 4 is 22.9 Å². The van der Waals surface area contributed by atoms with Crippen LogP contribution in [0.15, 0.2) is 53.3 Å². The van der Waals surface area contributed by atoms with Crippen LogP contribution in [0.25, 0.3) is 28.0 Å². The number of phenolic OH excluding ortho intramolecular Hbond substituents is 1. The third kappa shape index (κ3) is 5.78. The fourth-order valence-corrected chi connectivity index (χ4v) is 5.61. The van der Waals surface area contributed by atoms with Crippen LogP contribution < -0.4 is 10.6 Å². The van der Waals surface area contributed by atoms with Crippen LogP contribution in [0.1, 0.15) is 58.6 Å². The lowest BCUT2D eigenvalue weighted by Crippen LogP contribution is -2.55. The Kier molecular flexibility index (Phi) is 7.89. The van der Waals surface area contributed by atoms with Crippen molar-refractivity contribution in [1.82, 2.24) is 19.4 Å². The number of amides is 1. The van der Waals surface area contributed by atoms with Gasteiger partial charge in [0.15, 0.2) is 5.65 Å². The van der Waals surface area contributed by atoms with Crippen LogP contribution in [-0.4, -0.2) is 61.9 Å². The summed E-state index contributed by atoms with van der Waals surface area (Å²) in [6.45, 7) is 14.5. The highest BCUT2D eigenvalue weighted by atomic mass is 19.1. The molecule has 1 atom stereocenters. The number of halogens is 1. The summed E-state index contributed by atoms with van der Waals surface area (Å²) in [6.07, 6.45) is -0.385. The molecular weight excluding hydrogens is 549 g/mol. The van der Waals surface area contributed by atoms with Crippen molar-refractivity contribution in [3.63, 3.8) is 0 Å². The zero-order valence-electron chi connectivity index (χ0n) is 25.7. The number of fused-ring (bicyclic) bond motifs is 1. The van der Waals surface area contributed by atoms with E-state index in [0.717, 1.165) is 5.56 Å². The van der Waals surface area contributed by atoms with Crippen molar-refractivity contribution in [1.29, 1.82) is 0 Å². The Bertz CT molecular complexity index is 1740. The molecule has 43 heavy (non-hydrogen) atoms. The molecule has 1 aliphatic heterocycles. The van der Waals surface area contributed by atoms with Crippen molar-refractivity contribution in [2.24, 2.45) is 0 Å². The maximum absolute atomic E-state index is 15.1. The Morgan fingerprint density at radius 3 is 2.47 bits per heavy atom. The minimum atomic E-state index is -0.618. The number of aromatic hydroxyl groups is 1. The molecule has 226 valence electrons. The van der Waals surface area contributed by atoms with Gasteiger partial charge in [-0.2, -0.15) is 4.98 Å². The Labute approximate surface area is 250 Å². The molecule has 2 aromatic heterocycles. The van der Waals surface area contributed by atoms with E-state index >= 15 is 4.39 Å². The van der Waals surface area contributed by atoms with Gasteiger partial charge in [-0.15, -0.1) is 0 Å². The van der Waals surface area contributed by atoms with E-state index in [0.29, 0.717) is 47.7 Å². The van der Waals surface area contributed by atoms with Crippen LogP contribution in [0.2, 0.25) is 0 Å². The number of rotatable bonds is 4. The number of piperazine rings is 1. The highest BCUT2D eigenvalue weighted by molar-refractivity contribution is 5.92. The van der Waals surface area contributed by atoms with E-state index < -0.39 is 17.1 Å². The summed E-state index contributed by atoms with van der Waals surface area (Å²) < 4.78 is 22.1. The number of carbonyl (C=O) groups is 1. The number of benzene rings is 2.